The number of rotatable bonds is 3. The fraction of sp³-hybridized carbons (Fsp3) is 0.533. The highest BCUT2D eigenvalue weighted by Gasteiger charge is 2.22. The number of nitrogen functional groups attached to an aromatic ring is 1. The van der Waals surface area contributed by atoms with Gasteiger partial charge >= 0.3 is 0 Å². The van der Waals surface area contributed by atoms with Gasteiger partial charge in [-0.15, -0.1) is 0 Å². The maximum atomic E-state index is 11.3. The van der Waals surface area contributed by atoms with Crippen LogP contribution in [0.2, 0.25) is 0 Å². The van der Waals surface area contributed by atoms with Crippen LogP contribution in [0.4, 0.5) is 11.4 Å². The summed E-state index contributed by atoms with van der Waals surface area (Å²) < 4.78 is 0. The fourth-order valence-corrected chi connectivity index (χ4v) is 2.63. The van der Waals surface area contributed by atoms with Crippen LogP contribution >= 0.6 is 0 Å². The number of piperidine rings is 1. The Labute approximate surface area is 115 Å². The van der Waals surface area contributed by atoms with Crippen molar-refractivity contribution in [1.29, 1.82) is 0 Å². The lowest BCUT2D eigenvalue weighted by molar-refractivity contribution is 0.101. The lowest BCUT2D eigenvalue weighted by atomic mass is 9.98. The highest BCUT2D eigenvalue weighted by molar-refractivity contribution is 5.99. The monoisotopic (exact) mass is 261 g/mol. The number of nitrogens with two attached hydrogens (primary N) is 1. The molecule has 1 aliphatic heterocycles. The van der Waals surface area contributed by atoms with Gasteiger partial charge in [0.25, 0.3) is 0 Å². The van der Waals surface area contributed by atoms with Crippen molar-refractivity contribution >= 4 is 17.2 Å². The lowest BCUT2D eigenvalue weighted by Gasteiger charge is -2.35. The van der Waals surface area contributed by atoms with E-state index in [1.807, 2.05) is 12.1 Å². The second-order valence-corrected chi connectivity index (χ2v) is 5.55. The quantitative estimate of drug-likeness (QED) is 0.648. The van der Waals surface area contributed by atoms with E-state index in [4.69, 9.17) is 5.73 Å². The first-order valence-corrected chi connectivity index (χ1v) is 6.84. The summed E-state index contributed by atoms with van der Waals surface area (Å²) in [6.07, 6.45) is 2.26. The number of nitrogens with one attached hydrogen (secondary N) is 1. The van der Waals surface area contributed by atoms with Crippen LogP contribution in [0.5, 0.6) is 0 Å². The molecule has 1 fully saturated rings. The van der Waals surface area contributed by atoms with Gasteiger partial charge < -0.3 is 16.0 Å². The summed E-state index contributed by atoms with van der Waals surface area (Å²) in [5, 5.41) is 3.52. The SMILES string of the molecule is CC(=O)c1ccc(NC2CCN(C)C(C)C2)cc1N. The van der Waals surface area contributed by atoms with Crippen LogP contribution in [-0.4, -0.2) is 36.4 Å². The summed E-state index contributed by atoms with van der Waals surface area (Å²) in [5.41, 5.74) is 8.07. The molecule has 0 amide bonds. The van der Waals surface area contributed by atoms with Gasteiger partial charge in [-0.05, 0) is 51.9 Å². The van der Waals surface area contributed by atoms with Crippen molar-refractivity contribution in [1.82, 2.24) is 4.90 Å². The molecule has 0 bridgehead atoms. The standard InChI is InChI=1S/C15H23N3O/c1-10-8-13(6-7-18(10)3)17-12-4-5-14(11(2)19)15(16)9-12/h4-5,9-10,13,17H,6-8,16H2,1-3H3. The van der Waals surface area contributed by atoms with Crippen LogP contribution in [0.1, 0.15) is 37.0 Å². The van der Waals surface area contributed by atoms with E-state index in [2.05, 4.69) is 24.2 Å². The number of benzene rings is 1. The molecule has 0 aromatic heterocycles. The number of likely N-dealkylation sites (tertiary alicyclic amines) is 1. The van der Waals surface area contributed by atoms with Crippen LogP contribution in [0.15, 0.2) is 18.2 Å². The van der Waals surface area contributed by atoms with Gasteiger partial charge in [0.05, 0.1) is 0 Å². The second kappa shape index (κ2) is 5.61. The molecule has 4 nitrogen and oxygen atoms in total. The molecule has 2 unspecified atom stereocenters. The van der Waals surface area contributed by atoms with Gasteiger partial charge in [-0.3, -0.25) is 4.79 Å². The third-order valence-corrected chi connectivity index (χ3v) is 4.01. The fourth-order valence-electron chi connectivity index (χ4n) is 2.63. The number of Topliss-reactive ketones (excluding diaryl/α,β-unsaturated/α-hetero) is 1. The molecule has 3 N–H and O–H groups in total. The van der Waals surface area contributed by atoms with Crippen molar-refractivity contribution in [2.75, 3.05) is 24.6 Å². The molecule has 0 radical (unpaired) electrons. The molecule has 0 aliphatic carbocycles. The summed E-state index contributed by atoms with van der Waals surface area (Å²) in [7, 11) is 2.17. The minimum absolute atomic E-state index is 0.0111. The molecule has 1 saturated heterocycles. The molecule has 104 valence electrons. The summed E-state index contributed by atoms with van der Waals surface area (Å²) in [6.45, 7) is 4.90. The van der Waals surface area contributed by atoms with E-state index in [1.54, 1.807) is 6.07 Å². The number of hydrogen-bond donors (Lipinski definition) is 2. The zero-order valence-electron chi connectivity index (χ0n) is 11.9. The largest absolute Gasteiger partial charge is 0.398 e. The summed E-state index contributed by atoms with van der Waals surface area (Å²) in [5.74, 6) is 0.0111. The summed E-state index contributed by atoms with van der Waals surface area (Å²) in [6, 6.07) is 6.68. The number of nitrogens with zero attached hydrogens (tertiary/aromatic N) is 1. The Bertz CT molecular complexity index is 472. The van der Waals surface area contributed by atoms with Crippen molar-refractivity contribution in [3.63, 3.8) is 0 Å². The molecular weight excluding hydrogens is 238 g/mol. The molecule has 0 spiro atoms. The number of hydrogen-bond acceptors (Lipinski definition) is 4. The number of carbonyl (C=O) groups is 1. The normalized spacial score (nSPS) is 24.2. The van der Waals surface area contributed by atoms with Crippen LogP contribution in [0.25, 0.3) is 0 Å². The van der Waals surface area contributed by atoms with Gasteiger partial charge in [0.1, 0.15) is 0 Å². The summed E-state index contributed by atoms with van der Waals surface area (Å²) in [4.78, 5) is 13.7. The van der Waals surface area contributed by atoms with Gasteiger partial charge in [0.15, 0.2) is 5.78 Å². The highest BCUT2D eigenvalue weighted by atomic mass is 16.1. The molecule has 1 aromatic carbocycles. The number of anilines is 2. The molecule has 2 rings (SSSR count). The Hall–Kier alpha value is -1.55. The molecule has 4 heteroatoms. The minimum atomic E-state index is 0.0111. The van der Waals surface area contributed by atoms with Gasteiger partial charge in [-0.1, -0.05) is 0 Å². The molecule has 2 atom stereocenters. The predicted molar refractivity (Wildman–Crippen MR) is 79.6 cm³/mol. The van der Waals surface area contributed by atoms with Gasteiger partial charge in [-0.2, -0.15) is 0 Å². The first-order valence-electron chi connectivity index (χ1n) is 6.84. The maximum absolute atomic E-state index is 11.3. The predicted octanol–water partition coefficient (Wildman–Crippen LogP) is 2.37. The van der Waals surface area contributed by atoms with Crippen molar-refractivity contribution in [3.05, 3.63) is 23.8 Å². The highest BCUT2D eigenvalue weighted by Crippen LogP contribution is 2.23. The molecule has 1 aliphatic rings. The van der Waals surface area contributed by atoms with E-state index in [9.17, 15) is 4.79 Å². The average Bonchev–Trinajstić information content (AvgIpc) is 2.33. The first kappa shape index (κ1) is 13.9. The zero-order valence-corrected chi connectivity index (χ0v) is 11.9. The second-order valence-electron chi connectivity index (χ2n) is 5.55. The Balaban J connectivity index is 2.04. The van der Waals surface area contributed by atoms with Crippen LogP contribution in [0, 0.1) is 0 Å². The molecule has 1 heterocycles. The van der Waals surface area contributed by atoms with E-state index in [0.29, 0.717) is 23.3 Å². The van der Waals surface area contributed by atoms with Gasteiger partial charge in [0, 0.05) is 35.6 Å². The van der Waals surface area contributed by atoms with Gasteiger partial charge in [-0.25, -0.2) is 0 Å². The molecule has 19 heavy (non-hydrogen) atoms. The molecule has 1 aromatic rings. The Kier molecular flexibility index (Phi) is 4.10. The van der Waals surface area contributed by atoms with Crippen LogP contribution in [-0.2, 0) is 0 Å². The maximum Gasteiger partial charge on any atom is 0.161 e. The van der Waals surface area contributed by atoms with Crippen molar-refractivity contribution in [2.45, 2.75) is 38.8 Å². The van der Waals surface area contributed by atoms with Crippen LogP contribution < -0.4 is 11.1 Å². The topological polar surface area (TPSA) is 58.4 Å². The Morgan fingerprint density at radius 3 is 2.79 bits per heavy atom. The van der Waals surface area contributed by atoms with E-state index in [-0.39, 0.29) is 5.78 Å². The Morgan fingerprint density at radius 2 is 2.21 bits per heavy atom. The smallest absolute Gasteiger partial charge is 0.161 e. The van der Waals surface area contributed by atoms with E-state index < -0.39 is 0 Å². The molecular formula is C15H23N3O. The summed E-state index contributed by atoms with van der Waals surface area (Å²) >= 11 is 0. The zero-order chi connectivity index (χ0) is 14.0. The average molecular weight is 261 g/mol. The van der Waals surface area contributed by atoms with E-state index in [1.165, 1.54) is 6.92 Å². The lowest BCUT2D eigenvalue weighted by Crippen LogP contribution is -2.42. The van der Waals surface area contributed by atoms with Gasteiger partial charge in [0.2, 0.25) is 0 Å². The van der Waals surface area contributed by atoms with Crippen molar-refractivity contribution < 1.29 is 4.79 Å². The van der Waals surface area contributed by atoms with Crippen molar-refractivity contribution in [2.24, 2.45) is 0 Å². The van der Waals surface area contributed by atoms with E-state index in [0.717, 1.165) is 25.1 Å². The minimum Gasteiger partial charge on any atom is -0.398 e. The number of ketones is 1. The third-order valence-electron chi connectivity index (χ3n) is 4.01. The first-order chi connectivity index (χ1) is 8.97. The van der Waals surface area contributed by atoms with E-state index >= 15 is 0 Å². The molecule has 0 saturated carbocycles. The van der Waals surface area contributed by atoms with Crippen LogP contribution in [0.3, 0.4) is 0 Å². The van der Waals surface area contributed by atoms with Crippen molar-refractivity contribution in [3.8, 4) is 0 Å². The Morgan fingerprint density at radius 1 is 1.47 bits per heavy atom. The number of carbonyl (C=O) groups excluding carboxylic acids is 1. The third kappa shape index (κ3) is 3.26.